The summed E-state index contributed by atoms with van der Waals surface area (Å²) in [4.78, 5) is 12.4. The van der Waals surface area contributed by atoms with Crippen molar-refractivity contribution in [2.75, 3.05) is 0 Å². The van der Waals surface area contributed by atoms with Crippen molar-refractivity contribution in [2.24, 2.45) is 0 Å². The Morgan fingerprint density at radius 3 is 2.25 bits per heavy atom. The Morgan fingerprint density at radius 2 is 1.70 bits per heavy atom. The third-order valence-corrected chi connectivity index (χ3v) is 5.16. The summed E-state index contributed by atoms with van der Waals surface area (Å²) < 4.78 is 0.802. The van der Waals surface area contributed by atoms with Gasteiger partial charge in [-0.2, -0.15) is 0 Å². The van der Waals surface area contributed by atoms with Gasteiger partial charge in [0.1, 0.15) is 0 Å². The second-order valence-corrected chi connectivity index (χ2v) is 6.47. The summed E-state index contributed by atoms with van der Waals surface area (Å²) in [6, 6.07) is 13.3. The average Bonchev–Trinajstić information content (AvgIpc) is 2.40. The molecule has 0 unspecified atom stereocenters. The van der Waals surface area contributed by atoms with Crippen LogP contribution in [0.3, 0.4) is 0 Å². The molecule has 0 bridgehead atoms. The molecule has 0 atom stereocenters. The standard InChI is InChI=1S/C17H14BrClO/c18-15-9-8-14(10-16(15)19)17(20)13-6-4-12(5-7-13)11-2-1-3-11/h4-11H,1-3H2. The molecule has 1 aliphatic carbocycles. The van der Waals surface area contributed by atoms with Crippen molar-refractivity contribution < 1.29 is 4.79 Å². The molecule has 0 spiro atoms. The monoisotopic (exact) mass is 348 g/mol. The predicted molar refractivity (Wildman–Crippen MR) is 85.6 cm³/mol. The van der Waals surface area contributed by atoms with Crippen LogP contribution in [0, 0.1) is 0 Å². The Kier molecular flexibility index (Phi) is 3.95. The van der Waals surface area contributed by atoms with E-state index in [2.05, 4.69) is 28.1 Å². The van der Waals surface area contributed by atoms with Crippen LogP contribution in [0.5, 0.6) is 0 Å². The van der Waals surface area contributed by atoms with Crippen molar-refractivity contribution in [3.63, 3.8) is 0 Å². The van der Waals surface area contributed by atoms with Crippen LogP contribution in [0.1, 0.15) is 46.7 Å². The molecule has 3 rings (SSSR count). The van der Waals surface area contributed by atoms with Crippen molar-refractivity contribution in [3.8, 4) is 0 Å². The van der Waals surface area contributed by atoms with Gasteiger partial charge in [0, 0.05) is 15.6 Å². The lowest BCUT2D eigenvalue weighted by molar-refractivity contribution is 0.103. The van der Waals surface area contributed by atoms with E-state index in [0.29, 0.717) is 22.1 Å². The average molecular weight is 350 g/mol. The molecule has 0 saturated heterocycles. The second-order valence-electron chi connectivity index (χ2n) is 5.21. The Balaban J connectivity index is 1.84. The first kappa shape index (κ1) is 13.8. The Bertz CT molecular complexity index is 645. The van der Waals surface area contributed by atoms with Crippen LogP contribution in [0.2, 0.25) is 5.02 Å². The van der Waals surface area contributed by atoms with Gasteiger partial charge in [-0.15, -0.1) is 0 Å². The molecule has 0 N–H and O–H groups in total. The topological polar surface area (TPSA) is 17.1 Å². The highest BCUT2D eigenvalue weighted by Gasteiger charge is 2.19. The van der Waals surface area contributed by atoms with Crippen LogP contribution in [0.15, 0.2) is 46.9 Å². The maximum Gasteiger partial charge on any atom is 0.193 e. The van der Waals surface area contributed by atoms with Gasteiger partial charge in [-0.25, -0.2) is 0 Å². The minimum absolute atomic E-state index is 0.0135. The van der Waals surface area contributed by atoms with Crippen molar-refractivity contribution in [1.82, 2.24) is 0 Å². The molecule has 1 aliphatic rings. The van der Waals surface area contributed by atoms with Gasteiger partial charge in [0.05, 0.1) is 5.02 Å². The van der Waals surface area contributed by atoms with Crippen LogP contribution < -0.4 is 0 Å². The Morgan fingerprint density at radius 1 is 1.05 bits per heavy atom. The molecule has 0 aromatic heterocycles. The Hall–Kier alpha value is -1.12. The molecule has 1 fully saturated rings. The van der Waals surface area contributed by atoms with Gasteiger partial charge in [0.2, 0.25) is 0 Å². The van der Waals surface area contributed by atoms with E-state index in [1.165, 1.54) is 24.8 Å². The zero-order valence-electron chi connectivity index (χ0n) is 10.9. The fourth-order valence-corrected chi connectivity index (χ4v) is 2.88. The first-order chi connectivity index (χ1) is 9.65. The molecule has 102 valence electrons. The van der Waals surface area contributed by atoms with Gasteiger partial charge < -0.3 is 0 Å². The molecule has 0 aliphatic heterocycles. The van der Waals surface area contributed by atoms with E-state index in [1.807, 2.05) is 12.1 Å². The maximum atomic E-state index is 12.4. The minimum Gasteiger partial charge on any atom is -0.289 e. The highest BCUT2D eigenvalue weighted by Crippen LogP contribution is 2.36. The third kappa shape index (κ3) is 2.68. The summed E-state index contributed by atoms with van der Waals surface area (Å²) in [7, 11) is 0. The highest BCUT2D eigenvalue weighted by atomic mass is 79.9. The molecule has 1 saturated carbocycles. The van der Waals surface area contributed by atoms with E-state index >= 15 is 0 Å². The molecule has 0 radical (unpaired) electrons. The highest BCUT2D eigenvalue weighted by molar-refractivity contribution is 9.10. The van der Waals surface area contributed by atoms with E-state index in [1.54, 1.807) is 18.2 Å². The summed E-state index contributed by atoms with van der Waals surface area (Å²) >= 11 is 9.37. The predicted octanol–water partition coefficient (Wildman–Crippen LogP) is 5.60. The van der Waals surface area contributed by atoms with Crippen LogP contribution in [-0.2, 0) is 0 Å². The number of hydrogen-bond donors (Lipinski definition) is 0. The molecule has 2 aromatic rings. The zero-order chi connectivity index (χ0) is 14.1. The quantitative estimate of drug-likeness (QED) is 0.659. The maximum absolute atomic E-state index is 12.4. The van der Waals surface area contributed by atoms with E-state index < -0.39 is 0 Å². The van der Waals surface area contributed by atoms with E-state index in [-0.39, 0.29) is 5.78 Å². The lowest BCUT2D eigenvalue weighted by Crippen LogP contribution is -2.09. The van der Waals surface area contributed by atoms with Crippen molar-refractivity contribution in [2.45, 2.75) is 25.2 Å². The number of benzene rings is 2. The second kappa shape index (κ2) is 5.71. The molecule has 3 heteroatoms. The van der Waals surface area contributed by atoms with Crippen LogP contribution in [0.4, 0.5) is 0 Å². The number of halogens is 2. The van der Waals surface area contributed by atoms with Crippen LogP contribution >= 0.6 is 27.5 Å². The zero-order valence-corrected chi connectivity index (χ0v) is 13.2. The minimum atomic E-state index is 0.0135. The fraction of sp³-hybridized carbons (Fsp3) is 0.235. The van der Waals surface area contributed by atoms with E-state index in [0.717, 1.165) is 4.47 Å². The summed E-state index contributed by atoms with van der Waals surface area (Å²) in [6.07, 6.45) is 3.87. The molecule has 0 heterocycles. The molecule has 0 amide bonds. The molecular formula is C17H14BrClO. The number of carbonyl (C=O) groups is 1. The van der Waals surface area contributed by atoms with Gasteiger partial charge in [-0.1, -0.05) is 42.3 Å². The van der Waals surface area contributed by atoms with Gasteiger partial charge in [-0.3, -0.25) is 4.79 Å². The number of ketones is 1. The van der Waals surface area contributed by atoms with Gasteiger partial charge >= 0.3 is 0 Å². The van der Waals surface area contributed by atoms with Gasteiger partial charge in [-0.05, 0) is 58.5 Å². The lowest BCUT2D eigenvalue weighted by atomic mass is 9.80. The number of carbonyl (C=O) groups excluding carboxylic acids is 1. The van der Waals surface area contributed by atoms with Crippen molar-refractivity contribution in [1.29, 1.82) is 0 Å². The first-order valence-electron chi connectivity index (χ1n) is 6.75. The fourth-order valence-electron chi connectivity index (χ4n) is 2.45. The normalized spacial score (nSPS) is 14.9. The molecular weight excluding hydrogens is 336 g/mol. The summed E-state index contributed by atoms with van der Waals surface area (Å²) in [5, 5.41) is 0.557. The lowest BCUT2D eigenvalue weighted by Gasteiger charge is -2.25. The third-order valence-electron chi connectivity index (χ3n) is 3.93. The van der Waals surface area contributed by atoms with Crippen molar-refractivity contribution in [3.05, 3.63) is 68.7 Å². The number of hydrogen-bond acceptors (Lipinski definition) is 1. The van der Waals surface area contributed by atoms with Gasteiger partial charge in [0.25, 0.3) is 0 Å². The smallest absolute Gasteiger partial charge is 0.193 e. The van der Waals surface area contributed by atoms with Crippen molar-refractivity contribution >= 4 is 33.3 Å². The van der Waals surface area contributed by atoms with Crippen LogP contribution in [0.25, 0.3) is 0 Å². The largest absolute Gasteiger partial charge is 0.289 e. The first-order valence-corrected chi connectivity index (χ1v) is 7.92. The summed E-state index contributed by atoms with van der Waals surface area (Å²) in [6.45, 7) is 0. The summed E-state index contributed by atoms with van der Waals surface area (Å²) in [5.74, 6) is 0.709. The number of rotatable bonds is 3. The molecule has 20 heavy (non-hydrogen) atoms. The Labute approximate surface area is 132 Å². The van der Waals surface area contributed by atoms with Crippen LogP contribution in [-0.4, -0.2) is 5.78 Å². The molecule has 1 nitrogen and oxygen atoms in total. The van der Waals surface area contributed by atoms with E-state index in [4.69, 9.17) is 11.6 Å². The molecule has 2 aromatic carbocycles. The van der Waals surface area contributed by atoms with Gasteiger partial charge in [0.15, 0.2) is 5.78 Å². The van der Waals surface area contributed by atoms with E-state index in [9.17, 15) is 4.79 Å². The SMILES string of the molecule is O=C(c1ccc(C2CCC2)cc1)c1ccc(Br)c(Cl)c1. The summed E-state index contributed by atoms with van der Waals surface area (Å²) in [5.41, 5.74) is 2.68.